The van der Waals surface area contributed by atoms with Gasteiger partial charge in [0.05, 0.1) is 11.3 Å². The van der Waals surface area contributed by atoms with Gasteiger partial charge in [0, 0.05) is 18.1 Å². The summed E-state index contributed by atoms with van der Waals surface area (Å²) < 4.78 is 40.6. The Morgan fingerprint density at radius 3 is 2.75 bits per heavy atom. The Kier molecular flexibility index (Phi) is 4.20. The van der Waals surface area contributed by atoms with Gasteiger partial charge in [-0.25, -0.2) is 9.97 Å². The van der Waals surface area contributed by atoms with Gasteiger partial charge in [-0.2, -0.15) is 18.4 Å². The SMILES string of the molecule is Cc1cc(C(F)(F)F)nc(SCc2cn3ccccc3n2)c1C#N. The lowest BCUT2D eigenvalue weighted by Gasteiger charge is -2.11. The Hall–Kier alpha value is -2.53. The zero-order valence-corrected chi connectivity index (χ0v) is 13.3. The molecule has 0 radical (unpaired) electrons. The van der Waals surface area contributed by atoms with E-state index in [1.165, 1.54) is 6.92 Å². The number of nitrogens with zero attached hydrogens (tertiary/aromatic N) is 4. The second-order valence-corrected chi connectivity index (χ2v) is 6.07. The fraction of sp³-hybridized carbons (Fsp3) is 0.188. The molecule has 0 saturated heterocycles. The number of aromatic nitrogens is 3. The molecule has 0 aliphatic heterocycles. The highest BCUT2D eigenvalue weighted by molar-refractivity contribution is 7.98. The van der Waals surface area contributed by atoms with Crippen molar-refractivity contribution in [3.63, 3.8) is 0 Å². The summed E-state index contributed by atoms with van der Waals surface area (Å²) in [6.45, 7) is 1.48. The number of alkyl halides is 3. The molecule has 0 atom stereocenters. The molecule has 0 aliphatic rings. The van der Waals surface area contributed by atoms with Crippen LogP contribution >= 0.6 is 11.8 Å². The van der Waals surface area contributed by atoms with Gasteiger partial charge in [-0.3, -0.25) is 0 Å². The van der Waals surface area contributed by atoms with Gasteiger partial charge in [-0.15, -0.1) is 0 Å². The number of imidazole rings is 1. The zero-order valence-electron chi connectivity index (χ0n) is 12.5. The van der Waals surface area contributed by atoms with Gasteiger partial charge in [0.2, 0.25) is 0 Å². The molecule has 3 aromatic heterocycles. The van der Waals surface area contributed by atoms with Crippen LogP contribution in [0.4, 0.5) is 13.2 Å². The van der Waals surface area contributed by atoms with Crippen molar-refractivity contribution in [2.45, 2.75) is 23.9 Å². The number of rotatable bonds is 3. The van der Waals surface area contributed by atoms with Crippen molar-refractivity contribution in [1.29, 1.82) is 5.26 Å². The third-order valence-corrected chi connectivity index (χ3v) is 4.37. The maximum absolute atomic E-state index is 12.9. The Bertz CT molecular complexity index is 908. The van der Waals surface area contributed by atoms with E-state index < -0.39 is 11.9 Å². The van der Waals surface area contributed by atoms with Gasteiger partial charge in [0.1, 0.15) is 22.4 Å². The quantitative estimate of drug-likeness (QED) is 0.665. The van der Waals surface area contributed by atoms with E-state index >= 15 is 0 Å². The first kappa shape index (κ1) is 16.3. The summed E-state index contributed by atoms with van der Waals surface area (Å²) in [6, 6.07) is 8.37. The maximum Gasteiger partial charge on any atom is 0.433 e. The minimum atomic E-state index is -4.54. The largest absolute Gasteiger partial charge is 0.433 e. The normalized spacial score (nSPS) is 11.6. The highest BCUT2D eigenvalue weighted by Crippen LogP contribution is 2.33. The van der Waals surface area contributed by atoms with Gasteiger partial charge < -0.3 is 4.40 Å². The first-order valence-corrected chi connectivity index (χ1v) is 7.91. The first-order valence-electron chi connectivity index (χ1n) is 6.93. The van der Waals surface area contributed by atoms with Crippen molar-refractivity contribution in [3.8, 4) is 6.07 Å². The van der Waals surface area contributed by atoms with Crippen LogP contribution in [0.3, 0.4) is 0 Å². The van der Waals surface area contributed by atoms with Crippen LogP contribution in [0.2, 0.25) is 0 Å². The highest BCUT2D eigenvalue weighted by atomic mass is 32.2. The summed E-state index contributed by atoms with van der Waals surface area (Å²) in [6.07, 6.45) is -0.907. The molecule has 0 fully saturated rings. The standard InChI is InChI=1S/C16H11F3N4S/c1-10-6-13(16(17,18)19)22-15(12(10)7-20)24-9-11-8-23-5-3-2-4-14(23)21-11/h2-6,8H,9H2,1H3. The number of hydrogen-bond donors (Lipinski definition) is 0. The second kappa shape index (κ2) is 6.17. The lowest BCUT2D eigenvalue weighted by Crippen LogP contribution is -2.10. The Morgan fingerprint density at radius 2 is 2.08 bits per heavy atom. The Balaban J connectivity index is 1.91. The van der Waals surface area contributed by atoms with Crippen LogP contribution in [0.15, 0.2) is 41.7 Å². The topological polar surface area (TPSA) is 54.0 Å². The minimum absolute atomic E-state index is 0.0712. The fourth-order valence-electron chi connectivity index (χ4n) is 2.23. The number of fused-ring (bicyclic) bond motifs is 1. The van der Waals surface area contributed by atoms with Gasteiger partial charge in [0.15, 0.2) is 0 Å². The van der Waals surface area contributed by atoms with Crippen molar-refractivity contribution in [2.24, 2.45) is 0 Å². The molecule has 122 valence electrons. The molecule has 3 heterocycles. The molecule has 4 nitrogen and oxygen atoms in total. The van der Waals surface area contributed by atoms with Crippen molar-refractivity contribution in [3.05, 3.63) is 59.2 Å². The van der Waals surface area contributed by atoms with Crippen molar-refractivity contribution in [1.82, 2.24) is 14.4 Å². The van der Waals surface area contributed by atoms with Crippen LogP contribution in [-0.4, -0.2) is 14.4 Å². The molecular weight excluding hydrogens is 337 g/mol. The van der Waals surface area contributed by atoms with Crippen LogP contribution in [0.1, 0.15) is 22.5 Å². The van der Waals surface area contributed by atoms with Crippen LogP contribution in [0.25, 0.3) is 5.65 Å². The third kappa shape index (κ3) is 3.21. The average molecular weight is 348 g/mol. The lowest BCUT2D eigenvalue weighted by molar-refractivity contribution is -0.141. The molecule has 0 aliphatic carbocycles. The Labute approximate surface area is 140 Å². The lowest BCUT2D eigenvalue weighted by atomic mass is 10.1. The van der Waals surface area contributed by atoms with E-state index in [4.69, 9.17) is 0 Å². The number of hydrogen-bond acceptors (Lipinski definition) is 4. The monoisotopic (exact) mass is 348 g/mol. The smallest absolute Gasteiger partial charge is 0.307 e. The fourth-order valence-corrected chi connectivity index (χ4v) is 3.17. The molecular formula is C16H11F3N4S. The van der Waals surface area contributed by atoms with Gasteiger partial charge in [-0.05, 0) is 30.7 Å². The summed E-state index contributed by atoms with van der Waals surface area (Å²) in [7, 11) is 0. The van der Waals surface area contributed by atoms with E-state index in [9.17, 15) is 18.4 Å². The molecule has 0 aromatic carbocycles. The first-order chi connectivity index (χ1) is 11.4. The molecule has 0 amide bonds. The summed E-state index contributed by atoms with van der Waals surface area (Å²) in [4.78, 5) is 8.01. The Morgan fingerprint density at radius 1 is 1.29 bits per heavy atom. The van der Waals surface area contributed by atoms with Crippen LogP contribution in [0.5, 0.6) is 0 Å². The molecule has 24 heavy (non-hydrogen) atoms. The zero-order chi connectivity index (χ0) is 17.3. The highest BCUT2D eigenvalue weighted by Gasteiger charge is 2.33. The number of thioether (sulfide) groups is 1. The van der Waals surface area contributed by atoms with E-state index in [1.807, 2.05) is 34.9 Å². The molecule has 3 aromatic rings. The summed E-state index contributed by atoms with van der Waals surface area (Å²) >= 11 is 1.07. The van der Waals surface area contributed by atoms with E-state index in [2.05, 4.69) is 9.97 Å². The van der Waals surface area contributed by atoms with Gasteiger partial charge in [-0.1, -0.05) is 17.8 Å². The molecule has 0 unspecified atom stereocenters. The molecule has 0 bridgehead atoms. The summed E-state index contributed by atoms with van der Waals surface area (Å²) in [5.41, 5.74) is 0.888. The van der Waals surface area contributed by atoms with Gasteiger partial charge >= 0.3 is 6.18 Å². The number of nitriles is 1. The molecule has 0 saturated carbocycles. The van der Waals surface area contributed by atoms with E-state index in [-0.39, 0.29) is 16.2 Å². The molecule has 8 heteroatoms. The van der Waals surface area contributed by atoms with E-state index in [1.54, 1.807) is 6.20 Å². The van der Waals surface area contributed by atoms with E-state index in [0.717, 1.165) is 23.5 Å². The summed E-state index contributed by atoms with van der Waals surface area (Å²) in [5, 5.41) is 9.27. The average Bonchev–Trinajstić information content (AvgIpc) is 2.94. The minimum Gasteiger partial charge on any atom is -0.307 e. The van der Waals surface area contributed by atoms with Crippen LogP contribution in [-0.2, 0) is 11.9 Å². The molecule has 0 N–H and O–H groups in total. The predicted molar refractivity (Wildman–Crippen MR) is 83.4 cm³/mol. The molecule has 3 rings (SSSR count). The number of halogens is 3. The second-order valence-electron chi connectivity index (χ2n) is 5.10. The van der Waals surface area contributed by atoms with E-state index in [0.29, 0.717) is 11.4 Å². The maximum atomic E-state index is 12.9. The molecule has 0 spiro atoms. The van der Waals surface area contributed by atoms with Crippen LogP contribution < -0.4 is 0 Å². The van der Waals surface area contributed by atoms with Crippen molar-refractivity contribution < 1.29 is 13.2 Å². The number of pyridine rings is 2. The van der Waals surface area contributed by atoms with Gasteiger partial charge in [0.25, 0.3) is 0 Å². The van der Waals surface area contributed by atoms with Crippen molar-refractivity contribution in [2.75, 3.05) is 0 Å². The summed E-state index contributed by atoms with van der Waals surface area (Å²) in [5.74, 6) is 0.324. The number of aryl methyl sites for hydroxylation is 1. The third-order valence-electron chi connectivity index (χ3n) is 3.36. The van der Waals surface area contributed by atoms with Crippen LogP contribution in [0, 0.1) is 18.3 Å². The predicted octanol–water partition coefficient (Wildman–Crippen LogP) is 4.22. The van der Waals surface area contributed by atoms with Crippen molar-refractivity contribution >= 4 is 17.4 Å².